The lowest BCUT2D eigenvalue weighted by molar-refractivity contribution is 0.412. The van der Waals surface area contributed by atoms with Crippen LogP contribution in [0, 0.1) is 0 Å². The van der Waals surface area contributed by atoms with Gasteiger partial charge in [-0.3, -0.25) is 0 Å². The largest absolute Gasteiger partial charge is 0.495 e. The second-order valence-corrected chi connectivity index (χ2v) is 6.61. The van der Waals surface area contributed by atoms with Crippen molar-refractivity contribution < 1.29 is 4.74 Å². The number of halogens is 4. The molecule has 2 aromatic rings. The smallest absolute Gasteiger partial charge is 0.135 e. The molecule has 20 heavy (non-hydrogen) atoms. The Morgan fingerprint density at radius 3 is 2.50 bits per heavy atom. The van der Waals surface area contributed by atoms with Crippen molar-refractivity contribution in [2.45, 2.75) is 6.54 Å². The van der Waals surface area contributed by atoms with Crippen LogP contribution < -0.4 is 10.1 Å². The Labute approximate surface area is 144 Å². The molecule has 0 aromatic heterocycles. The van der Waals surface area contributed by atoms with E-state index in [0.717, 1.165) is 25.9 Å². The molecule has 106 valence electrons. The maximum Gasteiger partial charge on any atom is 0.135 e. The van der Waals surface area contributed by atoms with Crippen LogP contribution in [0.4, 0.5) is 5.69 Å². The minimum atomic E-state index is 0.597. The number of hydrogen-bond donors (Lipinski definition) is 1. The molecule has 0 aliphatic rings. The SMILES string of the molecule is COc1cc(NCc2ccc(Cl)cc2Cl)c(Br)cc1Br. The third kappa shape index (κ3) is 3.82. The lowest BCUT2D eigenvalue weighted by atomic mass is 10.2. The molecule has 0 atom stereocenters. The molecular weight excluding hydrogens is 429 g/mol. The molecule has 0 saturated carbocycles. The highest BCUT2D eigenvalue weighted by atomic mass is 79.9. The van der Waals surface area contributed by atoms with Crippen LogP contribution in [-0.2, 0) is 6.54 Å². The third-order valence-electron chi connectivity index (χ3n) is 2.73. The van der Waals surface area contributed by atoms with E-state index in [0.29, 0.717) is 16.6 Å². The van der Waals surface area contributed by atoms with Gasteiger partial charge in [-0.1, -0.05) is 29.3 Å². The zero-order valence-corrected chi connectivity index (χ0v) is 15.2. The van der Waals surface area contributed by atoms with E-state index in [4.69, 9.17) is 27.9 Å². The fourth-order valence-corrected chi connectivity index (χ4v) is 3.45. The molecule has 0 fully saturated rings. The molecule has 0 saturated heterocycles. The summed E-state index contributed by atoms with van der Waals surface area (Å²) in [4.78, 5) is 0. The van der Waals surface area contributed by atoms with Crippen LogP contribution in [0.5, 0.6) is 5.75 Å². The van der Waals surface area contributed by atoms with Crippen molar-refractivity contribution in [2.24, 2.45) is 0 Å². The summed E-state index contributed by atoms with van der Waals surface area (Å²) in [5.41, 5.74) is 1.90. The molecule has 0 aliphatic carbocycles. The highest BCUT2D eigenvalue weighted by Gasteiger charge is 2.08. The van der Waals surface area contributed by atoms with Crippen LogP contribution in [0.3, 0.4) is 0 Å². The van der Waals surface area contributed by atoms with Crippen molar-refractivity contribution in [2.75, 3.05) is 12.4 Å². The number of anilines is 1. The van der Waals surface area contributed by atoms with Crippen molar-refractivity contribution in [3.63, 3.8) is 0 Å². The summed E-state index contributed by atoms with van der Waals surface area (Å²) in [5, 5.41) is 4.59. The molecule has 0 radical (unpaired) electrons. The van der Waals surface area contributed by atoms with Gasteiger partial charge in [-0.15, -0.1) is 0 Å². The first kappa shape index (κ1) is 16.0. The molecule has 0 spiro atoms. The summed E-state index contributed by atoms with van der Waals surface area (Å²) >= 11 is 19.0. The third-order valence-corrected chi connectivity index (χ3v) is 4.59. The highest BCUT2D eigenvalue weighted by molar-refractivity contribution is 9.11. The van der Waals surface area contributed by atoms with Gasteiger partial charge in [-0.2, -0.15) is 0 Å². The van der Waals surface area contributed by atoms with Crippen LogP contribution >= 0.6 is 55.1 Å². The normalized spacial score (nSPS) is 10.4. The number of ether oxygens (including phenoxy) is 1. The summed E-state index contributed by atoms with van der Waals surface area (Å²) in [5.74, 6) is 0.762. The van der Waals surface area contributed by atoms with Gasteiger partial charge in [0.2, 0.25) is 0 Å². The Kier molecular flexibility index (Phi) is 5.61. The number of hydrogen-bond acceptors (Lipinski definition) is 2. The molecular formula is C14H11Br2Cl2NO. The minimum Gasteiger partial charge on any atom is -0.495 e. The molecule has 1 N–H and O–H groups in total. The predicted octanol–water partition coefficient (Wildman–Crippen LogP) is 6.14. The molecule has 2 nitrogen and oxygen atoms in total. The summed E-state index contributed by atoms with van der Waals surface area (Å²) in [6.45, 7) is 0.597. The van der Waals surface area contributed by atoms with E-state index in [1.807, 2.05) is 24.3 Å². The zero-order valence-electron chi connectivity index (χ0n) is 10.5. The van der Waals surface area contributed by atoms with Gasteiger partial charge in [-0.25, -0.2) is 0 Å². The van der Waals surface area contributed by atoms with Gasteiger partial charge in [-0.05, 0) is 55.6 Å². The van der Waals surface area contributed by atoms with Crippen molar-refractivity contribution in [1.82, 2.24) is 0 Å². The van der Waals surface area contributed by atoms with Crippen LogP contribution in [0.2, 0.25) is 10.0 Å². The van der Waals surface area contributed by atoms with Crippen molar-refractivity contribution >= 4 is 60.7 Å². The summed E-state index contributed by atoms with van der Waals surface area (Å²) in [6.07, 6.45) is 0. The topological polar surface area (TPSA) is 21.3 Å². The van der Waals surface area contributed by atoms with Crippen LogP contribution in [0.1, 0.15) is 5.56 Å². The van der Waals surface area contributed by atoms with Gasteiger partial charge in [0.25, 0.3) is 0 Å². The van der Waals surface area contributed by atoms with Crippen LogP contribution in [0.25, 0.3) is 0 Å². The maximum absolute atomic E-state index is 6.15. The Hall–Kier alpha value is -0.420. The van der Waals surface area contributed by atoms with E-state index in [2.05, 4.69) is 37.2 Å². The highest BCUT2D eigenvalue weighted by Crippen LogP contribution is 2.35. The van der Waals surface area contributed by atoms with E-state index in [1.165, 1.54) is 0 Å². The second kappa shape index (κ2) is 7.03. The van der Waals surface area contributed by atoms with Gasteiger partial charge in [0.1, 0.15) is 5.75 Å². The standard InChI is InChI=1S/C14H11Br2Cl2NO/c1-20-14-6-13(10(15)5-11(14)16)19-7-8-2-3-9(17)4-12(8)18/h2-6,19H,7H2,1H3. The number of rotatable bonds is 4. The monoisotopic (exact) mass is 437 g/mol. The lowest BCUT2D eigenvalue weighted by Crippen LogP contribution is -2.01. The Balaban J connectivity index is 2.18. The predicted molar refractivity (Wildman–Crippen MR) is 92.2 cm³/mol. The fraction of sp³-hybridized carbons (Fsp3) is 0.143. The Bertz CT molecular complexity index is 635. The number of nitrogens with one attached hydrogen (secondary N) is 1. The Morgan fingerprint density at radius 2 is 1.85 bits per heavy atom. The molecule has 0 amide bonds. The second-order valence-electron chi connectivity index (χ2n) is 4.06. The quantitative estimate of drug-likeness (QED) is 0.617. The van der Waals surface area contributed by atoms with Gasteiger partial charge in [0, 0.05) is 27.1 Å². The van der Waals surface area contributed by atoms with Gasteiger partial charge < -0.3 is 10.1 Å². The van der Waals surface area contributed by atoms with Gasteiger partial charge in [0.05, 0.1) is 17.3 Å². The molecule has 2 rings (SSSR count). The van der Waals surface area contributed by atoms with Crippen molar-refractivity contribution in [1.29, 1.82) is 0 Å². The zero-order chi connectivity index (χ0) is 14.7. The first-order valence-electron chi connectivity index (χ1n) is 5.72. The first-order valence-corrected chi connectivity index (χ1v) is 8.06. The first-order chi connectivity index (χ1) is 9.51. The van der Waals surface area contributed by atoms with E-state index < -0.39 is 0 Å². The fourth-order valence-electron chi connectivity index (χ4n) is 1.68. The maximum atomic E-state index is 6.15. The van der Waals surface area contributed by atoms with Crippen LogP contribution in [-0.4, -0.2) is 7.11 Å². The molecule has 0 bridgehead atoms. The van der Waals surface area contributed by atoms with E-state index in [-0.39, 0.29) is 0 Å². The molecule has 0 unspecified atom stereocenters. The summed E-state index contributed by atoms with van der Waals surface area (Å²) < 4.78 is 7.11. The lowest BCUT2D eigenvalue weighted by Gasteiger charge is -2.12. The Morgan fingerprint density at radius 1 is 1.10 bits per heavy atom. The van der Waals surface area contributed by atoms with Crippen molar-refractivity contribution in [3.05, 3.63) is 54.9 Å². The van der Waals surface area contributed by atoms with E-state index >= 15 is 0 Å². The summed E-state index contributed by atoms with van der Waals surface area (Å²) in [6, 6.07) is 9.31. The van der Waals surface area contributed by atoms with Crippen LogP contribution in [0.15, 0.2) is 39.3 Å². The molecule has 6 heteroatoms. The molecule has 0 aliphatic heterocycles. The van der Waals surface area contributed by atoms with Gasteiger partial charge in [0.15, 0.2) is 0 Å². The van der Waals surface area contributed by atoms with Gasteiger partial charge >= 0.3 is 0 Å². The molecule has 2 aromatic carbocycles. The summed E-state index contributed by atoms with van der Waals surface area (Å²) in [7, 11) is 1.63. The average Bonchev–Trinajstić information content (AvgIpc) is 2.39. The van der Waals surface area contributed by atoms with E-state index in [9.17, 15) is 0 Å². The average molecular weight is 440 g/mol. The number of methoxy groups -OCH3 is 1. The van der Waals surface area contributed by atoms with Crippen molar-refractivity contribution in [3.8, 4) is 5.75 Å². The van der Waals surface area contributed by atoms with E-state index in [1.54, 1.807) is 13.2 Å². The molecule has 0 heterocycles. The minimum absolute atomic E-state index is 0.597. The number of benzene rings is 2.